The third-order valence-corrected chi connectivity index (χ3v) is 6.35. The number of nitrogens with one attached hydrogen (secondary N) is 2. The number of ether oxygens (including phenoxy) is 1. The van der Waals surface area contributed by atoms with Crippen LogP contribution in [0, 0.1) is 0 Å². The molecule has 1 fully saturated rings. The Morgan fingerprint density at radius 2 is 2.14 bits per heavy atom. The van der Waals surface area contributed by atoms with Gasteiger partial charge in [0.05, 0.1) is 30.5 Å². The molecule has 7 heteroatoms. The molecular formula is C22H25N3O4. The molecule has 2 amide bonds. The second-order valence-electron chi connectivity index (χ2n) is 8.00. The molecule has 0 saturated heterocycles. The Labute approximate surface area is 169 Å². The van der Waals surface area contributed by atoms with Gasteiger partial charge < -0.3 is 24.7 Å². The van der Waals surface area contributed by atoms with E-state index in [0.29, 0.717) is 17.7 Å². The molecule has 1 aliphatic carbocycles. The van der Waals surface area contributed by atoms with Crippen LogP contribution in [0.15, 0.2) is 46.2 Å². The van der Waals surface area contributed by atoms with Crippen molar-refractivity contribution in [3.05, 3.63) is 47.4 Å². The lowest BCUT2D eigenvalue weighted by Gasteiger charge is -2.42. The first-order valence-electron chi connectivity index (χ1n) is 10.2. The van der Waals surface area contributed by atoms with Gasteiger partial charge >= 0.3 is 0 Å². The predicted octanol–water partition coefficient (Wildman–Crippen LogP) is 2.25. The number of para-hydroxylation sites is 1. The molecule has 1 aromatic carbocycles. The van der Waals surface area contributed by atoms with Gasteiger partial charge in [-0.3, -0.25) is 9.59 Å². The Bertz CT molecular complexity index is 995. The lowest BCUT2D eigenvalue weighted by molar-refractivity contribution is -0.141. The van der Waals surface area contributed by atoms with Crippen molar-refractivity contribution in [3.8, 4) is 0 Å². The van der Waals surface area contributed by atoms with Crippen LogP contribution in [0.1, 0.15) is 37.3 Å². The molecule has 3 heterocycles. The van der Waals surface area contributed by atoms with Crippen LogP contribution in [0.3, 0.4) is 0 Å². The van der Waals surface area contributed by atoms with E-state index in [-0.39, 0.29) is 30.5 Å². The molecule has 7 nitrogen and oxygen atoms in total. The molecule has 1 unspecified atom stereocenters. The van der Waals surface area contributed by atoms with E-state index in [9.17, 15) is 9.59 Å². The van der Waals surface area contributed by atoms with E-state index in [2.05, 4.69) is 10.6 Å². The maximum atomic E-state index is 13.3. The van der Waals surface area contributed by atoms with Gasteiger partial charge in [-0.2, -0.15) is 0 Å². The van der Waals surface area contributed by atoms with Crippen LogP contribution in [0.2, 0.25) is 0 Å². The zero-order valence-electron chi connectivity index (χ0n) is 16.4. The van der Waals surface area contributed by atoms with Gasteiger partial charge in [-0.05, 0) is 18.9 Å². The summed E-state index contributed by atoms with van der Waals surface area (Å²) in [6.45, 7) is 0.451. The monoisotopic (exact) mass is 395 g/mol. The number of amides is 2. The molecule has 2 aromatic rings. The molecule has 0 bridgehead atoms. The molecule has 1 saturated carbocycles. The van der Waals surface area contributed by atoms with Crippen LogP contribution in [-0.2, 0) is 14.3 Å². The maximum absolute atomic E-state index is 13.3. The fourth-order valence-corrected chi connectivity index (χ4v) is 5.14. The van der Waals surface area contributed by atoms with Crippen molar-refractivity contribution in [1.82, 2.24) is 15.5 Å². The van der Waals surface area contributed by atoms with E-state index in [1.165, 1.54) is 7.11 Å². The van der Waals surface area contributed by atoms with Gasteiger partial charge in [0.15, 0.2) is 0 Å². The first kappa shape index (κ1) is 18.2. The molecule has 0 spiro atoms. The minimum atomic E-state index is -0.509. The van der Waals surface area contributed by atoms with Crippen molar-refractivity contribution in [2.24, 2.45) is 0 Å². The quantitative estimate of drug-likeness (QED) is 0.833. The van der Waals surface area contributed by atoms with Crippen molar-refractivity contribution in [1.29, 1.82) is 0 Å². The molecular weight excluding hydrogens is 370 g/mol. The number of carbonyl (C=O) groups is 2. The minimum absolute atomic E-state index is 0.0000170. The standard InChI is InChI=1S/C22H25N3O4/c1-28-12-18(26)25-17-8-3-2-7-15(17)24-16-11-23-22(27)19(16)20(25)14-6-4-5-13-9-10-29-21(13)14/h4-6,9-10,15,17,20,24H,2-3,7-8,11-12H2,1H3,(H,23,27)/t15-,17?,20-/m1/s1. The normalized spacial score (nSPS) is 26.6. The molecule has 2 aliphatic heterocycles. The first-order chi connectivity index (χ1) is 14.2. The van der Waals surface area contributed by atoms with Crippen LogP contribution >= 0.6 is 0 Å². The van der Waals surface area contributed by atoms with Gasteiger partial charge in [0, 0.05) is 29.8 Å². The van der Waals surface area contributed by atoms with Crippen molar-refractivity contribution in [2.75, 3.05) is 20.3 Å². The number of carbonyl (C=O) groups excluding carboxylic acids is 2. The van der Waals surface area contributed by atoms with Gasteiger partial charge in [-0.25, -0.2) is 0 Å². The van der Waals surface area contributed by atoms with Crippen LogP contribution < -0.4 is 10.6 Å². The number of hydrogen-bond donors (Lipinski definition) is 2. The Hall–Kier alpha value is -2.80. The number of fused-ring (bicyclic) bond motifs is 2. The summed E-state index contributed by atoms with van der Waals surface area (Å²) in [6.07, 6.45) is 5.71. The van der Waals surface area contributed by atoms with Crippen molar-refractivity contribution in [2.45, 2.75) is 43.8 Å². The Morgan fingerprint density at radius 1 is 1.28 bits per heavy atom. The van der Waals surface area contributed by atoms with Gasteiger partial charge in [0.1, 0.15) is 12.2 Å². The maximum Gasteiger partial charge on any atom is 0.251 e. The van der Waals surface area contributed by atoms with E-state index in [0.717, 1.165) is 42.3 Å². The van der Waals surface area contributed by atoms with Gasteiger partial charge in [-0.15, -0.1) is 0 Å². The highest BCUT2D eigenvalue weighted by Gasteiger charge is 2.46. The molecule has 29 heavy (non-hydrogen) atoms. The van der Waals surface area contributed by atoms with E-state index in [4.69, 9.17) is 9.15 Å². The largest absolute Gasteiger partial charge is 0.464 e. The zero-order valence-corrected chi connectivity index (χ0v) is 16.4. The lowest BCUT2D eigenvalue weighted by atomic mass is 9.87. The van der Waals surface area contributed by atoms with Crippen molar-refractivity contribution < 1.29 is 18.7 Å². The molecule has 0 radical (unpaired) electrons. The number of furan rings is 1. The van der Waals surface area contributed by atoms with Crippen LogP contribution in [0.4, 0.5) is 0 Å². The topological polar surface area (TPSA) is 83.8 Å². The minimum Gasteiger partial charge on any atom is -0.464 e. The Kier molecular flexibility index (Phi) is 4.54. The second-order valence-corrected chi connectivity index (χ2v) is 8.00. The Balaban J connectivity index is 1.73. The highest BCUT2D eigenvalue weighted by molar-refractivity contribution is 6.00. The fourth-order valence-electron chi connectivity index (χ4n) is 5.14. The summed E-state index contributed by atoms with van der Waals surface area (Å²) in [5, 5.41) is 7.51. The third kappa shape index (κ3) is 2.92. The number of rotatable bonds is 3. The lowest BCUT2D eigenvalue weighted by Crippen LogP contribution is -2.54. The molecule has 152 valence electrons. The average Bonchev–Trinajstić information content (AvgIpc) is 3.30. The average molecular weight is 395 g/mol. The highest BCUT2D eigenvalue weighted by Crippen LogP contribution is 2.42. The van der Waals surface area contributed by atoms with Crippen molar-refractivity contribution in [3.63, 3.8) is 0 Å². The molecule has 5 rings (SSSR count). The van der Waals surface area contributed by atoms with E-state index < -0.39 is 6.04 Å². The third-order valence-electron chi connectivity index (χ3n) is 6.35. The molecule has 2 N–H and O–H groups in total. The van der Waals surface area contributed by atoms with Crippen molar-refractivity contribution >= 4 is 22.8 Å². The summed E-state index contributed by atoms with van der Waals surface area (Å²) in [6, 6.07) is 7.42. The zero-order chi connectivity index (χ0) is 20.0. The summed E-state index contributed by atoms with van der Waals surface area (Å²) >= 11 is 0. The van der Waals surface area contributed by atoms with E-state index in [1.807, 2.05) is 29.2 Å². The van der Waals surface area contributed by atoms with Gasteiger partial charge in [-0.1, -0.05) is 31.0 Å². The summed E-state index contributed by atoms with van der Waals surface area (Å²) in [5.41, 5.74) is 3.07. The first-order valence-corrected chi connectivity index (χ1v) is 10.2. The molecule has 3 atom stereocenters. The number of hydrogen-bond acceptors (Lipinski definition) is 5. The summed E-state index contributed by atoms with van der Waals surface area (Å²) < 4.78 is 11.0. The van der Waals surface area contributed by atoms with Gasteiger partial charge in [0.25, 0.3) is 5.91 Å². The predicted molar refractivity (Wildman–Crippen MR) is 107 cm³/mol. The number of benzene rings is 1. The summed E-state index contributed by atoms with van der Waals surface area (Å²) in [5.74, 6) is -0.233. The summed E-state index contributed by atoms with van der Waals surface area (Å²) in [7, 11) is 1.53. The molecule has 3 aliphatic rings. The van der Waals surface area contributed by atoms with Crippen LogP contribution in [-0.4, -0.2) is 49.1 Å². The van der Waals surface area contributed by atoms with Crippen LogP contribution in [0.25, 0.3) is 11.0 Å². The Morgan fingerprint density at radius 3 is 3.00 bits per heavy atom. The van der Waals surface area contributed by atoms with E-state index >= 15 is 0 Å². The number of nitrogens with zero attached hydrogens (tertiary/aromatic N) is 1. The van der Waals surface area contributed by atoms with Gasteiger partial charge in [0.2, 0.25) is 5.91 Å². The summed E-state index contributed by atoms with van der Waals surface area (Å²) in [4.78, 5) is 28.2. The number of methoxy groups -OCH3 is 1. The molecule has 1 aromatic heterocycles. The second kappa shape index (κ2) is 7.22. The van der Waals surface area contributed by atoms with Crippen LogP contribution in [0.5, 0.6) is 0 Å². The highest BCUT2D eigenvalue weighted by atomic mass is 16.5. The smallest absolute Gasteiger partial charge is 0.251 e. The van der Waals surface area contributed by atoms with E-state index in [1.54, 1.807) is 6.26 Å². The SMILES string of the molecule is COCC(=O)N1C2CCCC[C@H]2NC2=C(C(=O)NC2)[C@H]1c1cccc2ccoc12. The fraction of sp³-hybridized carbons (Fsp3) is 0.455.